The van der Waals surface area contributed by atoms with Crippen molar-refractivity contribution < 1.29 is 14.3 Å². The van der Waals surface area contributed by atoms with Gasteiger partial charge in [0.15, 0.2) is 16.7 Å². The maximum atomic E-state index is 13.3. The summed E-state index contributed by atoms with van der Waals surface area (Å²) in [5, 5.41) is 4.31. The summed E-state index contributed by atoms with van der Waals surface area (Å²) in [6.07, 6.45) is 6.27. The highest BCUT2D eigenvalue weighted by atomic mass is 32.2. The van der Waals surface area contributed by atoms with E-state index in [9.17, 15) is 9.59 Å². The van der Waals surface area contributed by atoms with Gasteiger partial charge in [0, 0.05) is 35.3 Å². The maximum absolute atomic E-state index is 13.3. The van der Waals surface area contributed by atoms with Crippen LogP contribution in [0.3, 0.4) is 0 Å². The van der Waals surface area contributed by atoms with E-state index in [-0.39, 0.29) is 11.5 Å². The molecule has 3 heterocycles. The van der Waals surface area contributed by atoms with E-state index >= 15 is 0 Å². The molecule has 0 saturated carbocycles. The Labute approximate surface area is 199 Å². The second kappa shape index (κ2) is 9.61. The fourth-order valence-electron chi connectivity index (χ4n) is 4.20. The van der Waals surface area contributed by atoms with Crippen molar-refractivity contribution in [2.75, 3.05) is 24.3 Å². The number of amides is 1. The third-order valence-electron chi connectivity index (χ3n) is 5.74. The predicted octanol–water partition coefficient (Wildman–Crippen LogP) is 4.41. The second-order valence-corrected chi connectivity index (χ2v) is 10.1. The van der Waals surface area contributed by atoms with Gasteiger partial charge >= 0.3 is 0 Å². The Hall–Kier alpha value is -2.78. The highest BCUT2D eigenvalue weighted by Gasteiger charge is 2.22. The highest BCUT2D eigenvalue weighted by molar-refractivity contribution is 7.99. The van der Waals surface area contributed by atoms with Gasteiger partial charge in [-0.2, -0.15) is 0 Å². The van der Waals surface area contributed by atoms with Crippen LogP contribution in [0.4, 0.5) is 5.69 Å². The summed E-state index contributed by atoms with van der Waals surface area (Å²) < 4.78 is 12.8. The molecular formula is C24H25N3O4S2. The zero-order valence-electron chi connectivity index (χ0n) is 18.2. The lowest BCUT2D eigenvalue weighted by Crippen LogP contribution is -2.23. The monoisotopic (exact) mass is 483 g/mol. The van der Waals surface area contributed by atoms with Gasteiger partial charge in [-0.15, -0.1) is 17.9 Å². The highest BCUT2D eigenvalue weighted by Crippen LogP contribution is 2.35. The average Bonchev–Trinajstić information content (AvgIpc) is 3.20. The van der Waals surface area contributed by atoms with Crippen LogP contribution < -0.4 is 20.3 Å². The van der Waals surface area contributed by atoms with Crippen molar-refractivity contribution >= 4 is 44.9 Å². The lowest BCUT2D eigenvalue weighted by molar-refractivity contribution is -0.115. The molecule has 1 N–H and O–H groups in total. The molecule has 7 nitrogen and oxygen atoms in total. The van der Waals surface area contributed by atoms with Crippen LogP contribution in [-0.2, 0) is 24.2 Å². The van der Waals surface area contributed by atoms with E-state index in [1.807, 2.05) is 0 Å². The number of anilines is 1. The summed E-state index contributed by atoms with van der Waals surface area (Å²) in [4.78, 5) is 32.7. The Morgan fingerprint density at radius 3 is 2.91 bits per heavy atom. The molecule has 0 spiro atoms. The molecule has 33 heavy (non-hydrogen) atoms. The molecule has 2 aromatic heterocycles. The molecule has 2 aliphatic rings. The van der Waals surface area contributed by atoms with Gasteiger partial charge in [0.2, 0.25) is 5.91 Å². The molecule has 0 bridgehead atoms. The van der Waals surface area contributed by atoms with E-state index < -0.39 is 0 Å². The van der Waals surface area contributed by atoms with Gasteiger partial charge in [-0.05, 0) is 43.4 Å². The number of benzene rings is 1. The van der Waals surface area contributed by atoms with Crippen molar-refractivity contribution in [2.45, 2.75) is 43.8 Å². The summed E-state index contributed by atoms with van der Waals surface area (Å²) in [5.41, 5.74) is 1.86. The zero-order chi connectivity index (χ0) is 22.8. The summed E-state index contributed by atoms with van der Waals surface area (Å²) in [6.45, 7) is 5.23. The lowest BCUT2D eigenvalue weighted by atomic mass is 9.97. The number of thioether (sulfide) groups is 1. The molecular weight excluding hydrogens is 458 g/mol. The molecule has 0 fully saturated rings. The van der Waals surface area contributed by atoms with E-state index in [1.54, 1.807) is 40.2 Å². The molecule has 5 rings (SSSR count). The van der Waals surface area contributed by atoms with Gasteiger partial charge in [-0.1, -0.05) is 17.8 Å². The minimum absolute atomic E-state index is 0.00234. The molecule has 1 aliphatic carbocycles. The standard InChI is InChI=1S/C24H25N3O4S2/c1-2-10-27-23(29)21-16-5-3-4-6-19(16)33-22(21)26-24(27)32-13-9-20(28)25-15-7-8-17-18(14-15)31-12-11-30-17/h2,7-8,14H,1,3-6,9-13H2,(H,25,28). The summed E-state index contributed by atoms with van der Waals surface area (Å²) >= 11 is 3.07. The number of aryl methyl sites for hydroxylation is 2. The smallest absolute Gasteiger partial charge is 0.263 e. The van der Waals surface area contributed by atoms with Crippen LogP contribution in [0.5, 0.6) is 11.5 Å². The molecule has 0 radical (unpaired) electrons. The quantitative estimate of drug-likeness (QED) is 0.304. The van der Waals surface area contributed by atoms with Crippen LogP contribution in [0.1, 0.15) is 29.7 Å². The SMILES string of the molecule is C=CCn1c(SCCC(=O)Nc2ccc3c(c2)OCCO3)nc2sc3c(c2c1=O)CCCC3. The molecule has 0 saturated heterocycles. The van der Waals surface area contributed by atoms with Crippen molar-refractivity contribution in [3.8, 4) is 11.5 Å². The number of fused-ring (bicyclic) bond motifs is 4. The third-order valence-corrected chi connectivity index (χ3v) is 7.90. The fraction of sp³-hybridized carbons (Fsp3) is 0.375. The van der Waals surface area contributed by atoms with Gasteiger partial charge < -0.3 is 14.8 Å². The number of thiophene rings is 1. The predicted molar refractivity (Wildman–Crippen MR) is 132 cm³/mol. The van der Waals surface area contributed by atoms with Gasteiger partial charge in [0.1, 0.15) is 18.0 Å². The van der Waals surface area contributed by atoms with Gasteiger partial charge in [0.05, 0.1) is 5.39 Å². The zero-order valence-corrected chi connectivity index (χ0v) is 19.9. The molecule has 9 heteroatoms. The molecule has 1 amide bonds. The lowest BCUT2D eigenvalue weighted by Gasteiger charge is -2.19. The number of nitrogens with zero attached hydrogens (tertiary/aromatic N) is 2. The summed E-state index contributed by atoms with van der Waals surface area (Å²) in [7, 11) is 0. The maximum Gasteiger partial charge on any atom is 0.263 e. The van der Waals surface area contributed by atoms with Crippen molar-refractivity contribution in [1.29, 1.82) is 0 Å². The Morgan fingerprint density at radius 1 is 1.24 bits per heavy atom. The Kier molecular flexibility index (Phi) is 6.41. The van der Waals surface area contributed by atoms with Crippen molar-refractivity contribution in [3.63, 3.8) is 0 Å². The van der Waals surface area contributed by atoms with E-state index in [0.717, 1.165) is 29.5 Å². The first kappa shape index (κ1) is 22.0. The minimum atomic E-state index is -0.107. The summed E-state index contributed by atoms with van der Waals surface area (Å²) in [5.74, 6) is 1.73. The number of nitrogens with one attached hydrogen (secondary N) is 1. The number of rotatable bonds is 7. The number of aromatic nitrogens is 2. The normalized spacial score (nSPS) is 14.7. The second-order valence-electron chi connectivity index (χ2n) is 7.99. The van der Waals surface area contributed by atoms with Crippen LogP contribution in [0.2, 0.25) is 0 Å². The van der Waals surface area contributed by atoms with Crippen LogP contribution in [0.25, 0.3) is 10.2 Å². The molecule has 0 unspecified atom stereocenters. The average molecular weight is 484 g/mol. The largest absolute Gasteiger partial charge is 0.486 e. The number of hydrogen-bond acceptors (Lipinski definition) is 7. The minimum Gasteiger partial charge on any atom is -0.486 e. The number of hydrogen-bond donors (Lipinski definition) is 1. The summed E-state index contributed by atoms with van der Waals surface area (Å²) in [6, 6.07) is 5.37. The number of carbonyl (C=O) groups is 1. The van der Waals surface area contributed by atoms with E-state index in [1.165, 1.54) is 28.6 Å². The van der Waals surface area contributed by atoms with Gasteiger partial charge in [-0.3, -0.25) is 14.2 Å². The van der Waals surface area contributed by atoms with Crippen LogP contribution in [0.15, 0.2) is 40.8 Å². The number of allylic oxidation sites excluding steroid dienone is 1. The van der Waals surface area contributed by atoms with Crippen LogP contribution in [0, 0.1) is 0 Å². The van der Waals surface area contributed by atoms with Crippen LogP contribution >= 0.6 is 23.1 Å². The molecule has 0 atom stereocenters. The van der Waals surface area contributed by atoms with E-state index in [2.05, 4.69) is 11.9 Å². The van der Waals surface area contributed by atoms with Crippen LogP contribution in [-0.4, -0.2) is 34.4 Å². The molecule has 3 aromatic rings. The molecule has 1 aromatic carbocycles. The Balaban J connectivity index is 1.29. The molecule has 172 valence electrons. The topological polar surface area (TPSA) is 82.5 Å². The van der Waals surface area contributed by atoms with Crippen molar-refractivity contribution in [1.82, 2.24) is 9.55 Å². The van der Waals surface area contributed by atoms with Gasteiger partial charge in [-0.25, -0.2) is 4.98 Å². The van der Waals surface area contributed by atoms with E-state index in [0.29, 0.717) is 54.3 Å². The first-order chi connectivity index (χ1) is 16.1. The van der Waals surface area contributed by atoms with Gasteiger partial charge in [0.25, 0.3) is 5.56 Å². The van der Waals surface area contributed by atoms with E-state index in [4.69, 9.17) is 14.5 Å². The first-order valence-electron chi connectivity index (χ1n) is 11.1. The van der Waals surface area contributed by atoms with Crippen molar-refractivity contribution in [2.24, 2.45) is 0 Å². The van der Waals surface area contributed by atoms with Crippen molar-refractivity contribution in [3.05, 3.63) is 51.6 Å². The first-order valence-corrected chi connectivity index (χ1v) is 12.9. The number of carbonyl (C=O) groups excluding carboxylic acids is 1. The Bertz CT molecular complexity index is 1280. The third kappa shape index (κ3) is 4.52. The molecule has 1 aliphatic heterocycles. The fourth-order valence-corrected chi connectivity index (χ4v) is 6.45. The Morgan fingerprint density at radius 2 is 2.06 bits per heavy atom. The number of ether oxygens (including phenoxy) is 2.